The van der Waals surface area contributed by atoms with Gasteiger partial charge in [-0.25, -0.2) is 0 Å². The summed E-state index contributed by atoms with van der Waals surface area (Å²) >= 11 is 0. The van der Waals surface area contributed by atoms with E-state index in [1.165, 1.54) is 15.9 Å². The van der Waals surface area contributed by atoms with Crippen molar-refractivity contribution in [1.29, 1.82) is 0 Å². The molecular formula is C25H27BrNP. The van der Waals surface area contributed by atoms with Crippen LogP contribution in [0.15, 0.2) is 91.0 Å². The lowest BCUT2D eigenvalue weighted by Gasteiger charge is -2.27. The van der Waals surface area contributed by atoms with Gasteiger partial charge in [-0.3, -0.25) is 0 Å². The smallest absolute Gasteiger partial charge is 0.112 e. The fraction of sp³-hybridized carbons (Fsp3) is 0.200. The summed E-state index contributed by atoms with van der Waals surface area (Å²) in [7, 11) is -1.69. The predicted molar refractivity (Wildman–Crippen MR) is 121 cm³/mol. The average Bonchev–Trinajstić information content (AvgIpc) is 2.75. The Kier molecular flexibility index (Phi) is 9.45. The van der Waals surface area contributed by atoms with Crippen LogP contribution in [0.5, 0.6) is 0 Å². The van der Waals surface area contributed by atoms with Crippen LogP contribution in [0, 0.1) is 12.3 Å². The molecule has 28 heavy (non-hydrogen) atoms. The summed E-state index contributed by atoms with van der Waals surface area (Å²) in [6.07, 6.45) is 8.41. The third-order valence-corrected chi connectivity index (χ3v) is 9.41. The standard InChI is InChI=1S/C25H27NP.BrH/c1-2-3-20-26-21-13-22-27(23-14-7-4-8-15-23,24-16-9-5-10-17-24)25-18-11-6-12-19-25;/h1,4-12,14-19,26H,3,13,20-22H2;1H/q+1;/p-1. The normalized spacial score (nSPS) is 10.7. The molecule has 0 atom stereocenters. The van der Waals surface area contributed by atoms with Gasteiger partial charge in [0, 0.05) is 13.0 Å². The molecule has 0 radical (unpaired) electrons. The number of halogens is 1. The van der Waals surface area contributed by atoms with E-state index in [0.29, 0.717) is 0 Å². The number of rotatable bonds is 9. The van der Waals surface area contributed by atoms with E-state index in [1.807, 2.05) is 0 Å². The molecule has 0 unspecified atom stereocenters. The summed E-state index contributed by atoms with van der Waals surface area (Å²) in [6, 6.07) is 33.2. The van der Waals surface area contributed by atoms with Crippen LogP contribution < -0.4 is 38.2 Å². The third kappa shape index (κ3) is 5.33. The number of terminal acetylenes is 1. The van der Waals surface area contributed by atoms with Crippen molar-refractivity contribution in [1.82, 2.24) is 5.32 Å². The van der Waals surface area contributed by atoms with E-state index in [2.05, 4.69) is 102 Å². The van der Waals surface area contributed by atoms with Gasteiger partial charge in [0.05, 0.1) is 6.16 Å². The Labute approximate surface area is 180 Å². The van der Waals surface area contributed by atoms with Gasteiger partial charge in [0.25, 0.3) is 0 Å². The van der Waals surface area contributed by atoms with Crippen molar-refractivity contribution in [2.24, 2.45) is 0 Å². The van der Waals surface area contributed by atoms with Gasteiger partial charge in [-0.05, 0) is 49.4 Å². The first-order valence-electron chi connectivity index (χ1n) is 9.57. The number of hydrogen-bond acceptors (Lipinski definition) is 1. The zero-order chi connectivity index (χ0) is 18.8. The van der Waals surface area contributed by atoms with Crippen LogP contribution in [0.2, 0.25) is 0 Å². The molecular weight excluding hydrogens is 425 g/mol. The molecule has 3 aromatic carbocycles. The zero-order valence-corrected chi connectivity index (χ0v) is 18.6. The van der Waals surface area contributed by atoms with E-state index in [1.54, 1.807) is 0 Å². The molecule has 1 nitrogen and oxygen atoms in total. The molecule has 0 fully saturated rings. The first kappa shape index (κ1) is 22.4. The molecule has 3 aromatic rings. The minimum Gasteiger partial charge on any atom is -1.00 e. The van der Waals surface area contributed by atoms with Crippen LogP contribution in [-0.2, 0) is 0 Å². The average molecular weight is 452 g/mol. The highest BCUT2D eigenvalue weighted by molar-refractivity contribution is 7.95. The molecule has 1 N–H and O–H groups in total. The molecule has 0 aliphatic carbocycles. The molecule has 0 heterocycles. The van der Waals surface area contributed by atoms with Crippen LogP contribution in [0.3, 0.4) is 0 Å². The van der Waals surface area contributed by atoms with Gasteiger partial charge in [-0.2, -0.15) is 0 Å². The van der Waals surface area contributed by atoms with Crippen molar-refractivity contribution in [3.05, 3.63) is 91.0 Å². The second-order valence-electron chi connectivity index (χ2n) is 6.60. The number of nitrogens with one attached hydrogen (secondary N) is 1. The minimum absolute atomic E-state index is 0. The lowest BCUT2D eigenvalue weighted by Crippen LogP contribution is -3.00. The highest BCUT2D eigenvalue weighted by atomic mass is 79.9. The molecule has 0 bridgehead atoms. The van der Waals surface area contributed by atoms with Gasteiger partial charge >= 0.3 is 0 Å². The van der Waals surface area contributed by atoms with Crippen LogP contribution in [0.25, 0.3) is 0 Å². The molecule has 3 rings (SSSR count). The fourth-order valence-electron chi connectivity index (χ4n) is 3.61. The van der Waals surface area contributed by atoms with Crippen LogP contribution in [0.1, 0.15) is 12.8 Å². The minimum atomic E-state index is -1.69. The highest BCUT2D eigenvalue weighted by Gasteiger charge is 2.44. The molecule has 0 spiro atoms. The van der Waals surface area contributed by atoms with Crippen molar-refractivity contribution >= 4 is 23.2 Å². The highest BCUT2D eigenvalue weighted by Crippen LogP contribution is 2.55. The van der Waals surface area contributed by atoms with E-state index in [0.717, 1.165) is 32.1 Å². The largest absolute Gasteiger partial charge is 1.00 e. The predicted octanol–water partition coefficient (Wildman–Crippen LogP) is 0.988. The summed E-state index contributed by atoms with van der Waals surface area (Å²) in [6.45, 7) is 1.89. The van der Waals surface area contributed by atoms with E-state index in [9.17, 15) is 0 Å². The van der Waals surface area contributed by atoms with Gasteiger partial charge in [-0.1, -0.05) is 54.6 Å². The van der Waals surface area contributed by atoms with Crippen molar-refractivity contribution in [2.45, 2.75) is 12.8 Å². The maximum absolute atomic E-state index is 5.36. The molecule has 3 heteroatoms. The Balaban J connectivity index is 0.00000280. The Morgan fingerprint density at radius 2 is 1.11 bits per heavy atom. The monoisotopic (exact) mass is 451 g/mol. The van der Waals surface area contributed by atoms with Gasteiger partial charge in [-0.15, -0.1) is 12.3 Å². The maximum atomic E-state index is 5.36. The number of hydrogen-bond donors (Lipinski definition) is 1. The van der Waals surface area contributed by atoms with Crippen LogP contribution in [-0.4, -0.2) is 19.3 Å². The first-order valence-corrected chi connectivity index (χ1v) is 11.5. The third-order valence-electron chi connectivity index (χ3n) is 4.88. The van der Waals surface area contributed by atoms with Crippen molar-refractivity contribution in [3.8, 4) is 12.3 Å². The summed E-state index contributed by atoms with van der Waals surface area (Å²) in [5.74, 6) is 2.70. The van der Waals surface area contributed by atoms with E-state index in [-0.39, 0.29) is 17.0 Å². The van der Waals surface area contributed by atoms with Gasteiger partial charge in [0.1, 0.15) is 23.2 Å². The zero-order valence-electron chi connectivity index (χ0n) is 16.1. The molecule has 0 amide bonds. The quantitative estimate of drug-likeness (QED) is 0.290. The summed E-state index contributed by atoms with van der Waals surface area (Å²) in [4.78, 5) is 0. The second-order valence-corrected chi connectivity index (χ2v) is 10.2. The van der Waals surface area contributed by atoms with Crippen molar-refractivity contribution < 1.29 is 17.0 Å². The second kappa shape index (κ2) is 11.8. The summed E-state index contributed by atoms with van der Waals surface area (Å²) < 4.78 is 0. The Morgan fingerprint density at radius 1 is 0.679 bits per heavy atom. The van der Waals surface area contributed by atoms with Crippen molar-refractivity contribution in [2.75, 3.05) is 19.3 Å². The lowest BCUT2D eigenvalue weighted by molar-refractivity contribution is -0.00000533. The summed E-state index contributed by atoms with van der Waals surface area (Å²) in [5, 5.41) is 7.84. The summed E-state index contributed by atoms with van der Waals surface area (Å²) in [5.41, 5.74) is 0. The van der Waals surface area contributed by atoms with Gasteiger partial charge < -0.3 is 22.3 Å². The molecule has 0 aliphatic heterocycles. The topological polar surface area (TPSA) is 12.0 Å². The first-order chi connectivity index (χ1) is 13.4. The number of benzene rings is 3. The molecule has 0 aromatic heterocycles. The maximum Gasteiger partial charge on any atom is 0.112 e. The van der Waals surface area contributed by atoms with E-state index < -0.39 is 7.26 Å². The van der Waals surface area contributed by atoms with Gasteiger partial charge in [0.15, 0.2) is 0 Å². The fourth-order valence-corrected chi connectivity index (χ4v) is 7.95. The van der Waals surface area contributed by atoms with Gasteiger partial charge in [0.2, 0.25) is 0 Å². The Morgan fingerprint density at radius 3 is 1.50 bits per heavy atom. The lowest BCUT2D eigenvalue weighted by atomic mass is 10.3. The van der Waals surface area contributed by atoms with Crippen LogP contribution in [0.4, 0.5) is 0 Å². The SMILES string of the molecule is C#CCCNCCC[P+](c1ccccc1)(c1ccccc1)c1ccccc1.[Br-]. The Hall–Kier alpha value is -1.91. The van der Waals surface area contributed by atoms with Crippen molar-refractivity contribution in [3.63, 3.8) is 0 Å². The molecule has 0 saturated carbocycles. The molecule has 144 valence electrons. The van der Waals surface area contributed by atoms with Crippen LogP contribution >= 0.6 is 7.26 Å². The molecule has 0 aliphatic rings. The van der Waals surface area contributed by atoms with E-state index in [4.69, 9.17) is 6.42 Å². The Bertz CT molecular complexity index is 747. The molecule has 0 saturated heterocycles. The van der Waals surface area contributed by atoms with E-state index >= 15 is 0 Å².